The first-order valence-electron chi connectivity index (χ1n) is 6.37. The van der Waals surface area contributed by atoms with Crippen molar-refractivity contribution in [2.45, 2.75) is 38.1 Å². The molecule has 16 heavy (non-hydrogen) atoms. The molecular weight excluding hydrogens is 198 g/mol. The van der Waals surface area contributed by atoms with Crippen molar-refractivity contribution in [2.75, 3.05) is 18.4 Å². The normalized spacial score (nSPS) is 24.1. The van der Waals surface area contributed by atoms with Crippen molar-refractivity contribution in [1.82, 2.24) is 10.3 Å². The van der Waals surface area contributed by atoms with Gasteiger partial charge in [0.2, 0.25) is 0 Å². The second-order valence-corrected chi connectivity index (χ2v) is 4.88. The van der Waals surface area contributed by atoms with Crippen LogP contribution in [0.25, 0.3) is 0 Å². The average Bonchev–Trinajstić information content (AvgIpc) is 2.82. The molecule has 86 valence electrons. The van der Waals surface area contributed by atoms with Crippen LogP contribution in [0.15, 0.2) is 12.3 Å². The minimum atomic E-state index is 0.564. The van der Waals surface area contributed by atoms with Crippen LogP contribution in [0.2, 0.25) is 0 Å². The first-order chi connectivity index (χ1) is 7.92. The molecule has 0 bridgehead atoms. The van der Waals surface area contributed by atoms with Gasteiger partial charge in [-0.1, -0.05) is 0 Å². The van der Waals surface area contributed by atoms with Crippen LogP contribution in [0.3, 0.4) is 0 Å². The molecule has 1 atom stereocenters. The van der Waals surface area contributed by atoms with Crippen molar-refractivity contribution in [2.24, 2.45) is 0 Å². The highest BCUT2D eigenvalue weighted by Crippen LogP contribution is 2.22. The van der Waals surface area contributed by atoms with Crippen LogP contribution in [0.1, 0.15) is 30.4 Å². The van der Waals surface area contributed by atoms with Crippen LogP contribution in [-0.4, -0.2) is 24.1 Å². The Kier molecular flexibility index (Phi) is 2.79. The van der Waals surface area contributed by atoms with Gasteiger partial charge in [-0.3, -0.25) is 0 Å². The molecule has 1 aliphatic carbocycles. The van der Waals surface area contributed by atoms with E-state index < -0.39 is 0 Å². The second kappa shape index (κ2) is 4.42. The molecule has 3 rings (SSSR count). The Labute approximate surface area is 96.7 Å². The number of hydrogen-bond donors (Lipinski definition) is 2. The summed E-state index contributed by atoms with van der Waals surface area (Å²) in [5.74, 6) is 1.06. The molecule has 1 aromatic rings. The zero-order chi connectivity index (χ0) is 10.8. The third-order valence-corrected chi connectivity index (χ3v) is 3.64. The van der Waals surface area contributed by atoms with Gasteiger partial charge in [0, 0.05) is 18.8 Å². The van der Waals surface area contributed by atoms with Crippen LogP contribution in [-0.2, 0) is 12.8 Å². The fraction of sp³-hybridized carbons (Fsp3) is 0.615. The molecular formula is C13H19N3. The molecule has 0 saturated carbocycles. The summed E-state index contributed by atoms with van der Waals surface area (Å²) in [7, 11) is 0. The average molecular weight is 217 g/mol. The topological polar surface area (TPSA) is 37.0 Å². The summed E-state index contributed by atoms with van der Waals surface area (Å²) in [6, 6.07) is 2.82. The monoisotopic (exact) mass is 217 g/mol. The van der Waals surface area contributed by atoms with E-state index in [0.29, 0.717) is 6.04 Å². The lowest BCUT2D eigenvalue weighted by atomic mass is 9.93. The van der Waals surface area contributed by atoms with Crippen LogP contribution in [0.4, 0.5) is 5.82 Å². The van der Waals surface area contributed by atoms with E-state index >= 15 is 0 Å². The molecule has 2 aliphatic rings. The Morgan fingerprint density at radius 2 is 2.12 bits per heavy atom. The maximum Gasteiger partial charge on any atom is 0.126 e. The second-order valence-electron chi connectivity index (χ2n) is 4.88. The number of fused-ring (bicyclic) bond motifs is 1. The van der Waals surface area contributed by atoms with E-state index in [1.165, 1.54) is 43.2 Å². The number of pyridine rings is 1. The highest BCUT2D eigenvalue weighted by atomic mass is 15.1. The van der Waals surface area contributed by atoms with Crippen molar-refractivity contribution in [1.29, 1.82) is 0 Å². The predicted octanol–water partition coefficient (Wildman–Crippen LogP) is 1.73. The van der Waals surface area contributed by atoms with Gasteiger partial charge < -0.3 is 10.6 Å². The summed E-state index contributed by atoms with van der Waals surface area (Å²) in [5.41, 5.74) is 2.97. The zero-order valence-corrected chi connectivity index (χ0v) is 9.63. The summed E-state index contributed by atoms with van der Waals surface area (Å²) < 4.78 is 0. The van der Waals surface area contributed by atoms with Crippen LogP contribution >= 0.6 is 0 Å². The fourth-order valence-corrected chi connectivity index (χ4v) is 2.68. The molecule has 0 amide bonds. The van der Waals surface area contributed by atoms with Gasteiger partial charge in [0.15, 0.2) is 0 Å². The van der Waals surface area contributed by atoms with Crippen molar-refractivity contribution in [3.63, 3.8) is 0 Å². The number of anilines is 1. The zero-order valence-electron chi connectivity index (χ0n) is 9.63. The van der Waals surface area contributed by atoms with Gasteiger partial charge in [0.05, 0.1) is 0 Å². The molecule has 1 aliphatic heterocycles. The molecule has 3 heteroatoms. The smallest absolute Gasteiger partial charge is 0.126 e. The molecule has 1 saturated heterocycles. The van der Waals surface area contributed by atoms with Crippen LogP contribution < -0.4 is 10.6 Å². The predicted molar refractivity (Wildman–Crippen MR) is 65.8 cm³/mol. The molecule has 2 N–H and O–H groups in total. The lowest BCUT2D eigenvalue weighted by Gasteiger charge is -2.18. The summed E-state index contributed by atoms with van der Waals surface area (Å²) >= 11 is 0. The number of nitrogens with one attached hydrogen (secondary N) is 2. The van der Waals surface area contributed by atoms with Gasteiger partial charge in [0.1, 0.15) is 5.82 Å². The van der Waals surface area contributed by atoms with E-state index in [2.05, 4.69) is 27.9 Å². The van der Waals surface area contributed by atoms with Gasteiger partial charge in [-0.2, -0.15) is 0 Å². The van der Waals surface area contributed by atoms with Gasteiger partial charge in [-0.25, -0.2) is 4.98 Å². The fourth-order valence-electron chi connectivity index (χ4n) is 2.68. The minimum absolute atomic E-state index is 0.564. The van der Waals surface area contributed by atoms with E-state index in [1.807, 2.05) is 0 Å². The molecule has 0 aromatic carbocycles. The Bertz CT molecular complexity index is 369. The van der Waals surface area contributed by atoms with E-state index in [9.17, 15) is 0 Å². The van der Waals surface area contributed by atoms with Crippen molar-refractivity contribution in [3.8, 4) is 0 Å². The van der Waals surface area contributed by atoms with Crippen molar-refractivity contribution >= 4 is 5.82 Å². The summed E-state index contributed by atoms with van der Waals surface area (Å²) in [6.07, 6.45) is 8.39. The molecule has 1 unspecified atom stereocenters. The molecule has 3 nitrogen and oxygen atoms in total. The Balaban J connectivity index is 1.74. The largest absolute Gasteiger partial charge is 0.366 e. The molecule has 0 radical (unpaired) electrons. The number of hydrogen-bond acceptors (Lipinski definition) is 3. The van der Waals surface area contributed by atoms with Crippen LogP contribution in [0, 0.1) is 0 Å². The highest BCUT2D eigenvalue weighted by molar-refractivity contribution is 5.43. The first kappa shape index (κ1) is 10.1. The summed E-state index contributed by atoms with van der Waals surface area (Å²) in [5, 5.41) is 6.88. The minimum Gasteiger partial charge on any atom is -0.366 e. The quantitative estimate of drug-likeness (QED) is 0.792. The lowest BCUT2D eigenvalue weighted by Crippen LogP contribution is -2.23. The third kappa shape index (κ3) is 2.05. The van der Waals surface area contributed by atoms with Crippen LogP contribution in [0.5, 0.6) is 0 Å². The van der Waals surface area contributed by atoms with Gasteiger partial charge >= 0.3 is 0 Å². The molecule has 1 fully saturated rings. The summed E-state index contributed by atoms with van der Waals surface area (Å²) in [6.45, 7) is 2.20. The van der Waals surface area contributed by atoms with E-state index in [0.717, 1.165) is 18.9 Å². The van der Waals surface area contributed by atoms with Gasteiger partial charge in [-0.05, 0) is 55.8 Å². The van der Waals surface area contributed by atoms with E-state index in [-0.39, 0.29) is 0 Å². The van der Waals surface area contributed by atoms with Gasteiger partial charge in [-0.15, -0.1) is 0 Å². The SMILES string of the molecule is c1nc(NC2CCNC2)cc2c1CCCC2. The third-order valence-electron chi connectivity index (χ3n) is 3.64. The van der Waals surface area contributed by atoms with E-state index in [4.69, 9.17) is 0 Å². The lowest BCUT2D eigenvalue weighted by molar-refractivity contribution is 0.681. The molecule has 0 spiro atoms. The Morgan fingerprint density at radius 1 is 1.25 bits per heavy atom. The Morgan fingerprint density at radius 3 is 2.94 bits per heavy atom. The molecule has 1 aromatic heterocycles. The van der Waals surface area contributed by atoms with Gasteiger partial charge in [0.25, 0.3) is 0 Å². The van der Waals surface area contributed by atoms with E-state index in [1.54, 1.807) is 0 Å². The highest BCUT2D eigenvalue weighted by Gasteiger charge is 2.15. The number of aromatic nitrogens is 1. The molecule has 2 heterocycles. The maximum absolute atomic E-state index is 4.52. The number of aryl methyl sites for hydroxylation is 2. The number of rotatable bonds is 2. The maximum atomic E-state index is 4.52. The van der Waals surface area contributed by atoms with Crippen molar-refractivity contribution < 1.29 is 0 Å². The standard InChI is InChI=1S/C13H19N3/c1-2-4-11-8-15-13(7-10(11)3-1)16-12-5-6-14-9-12/h7-8,12,14H,1-6,9H2,(H,15,16). The number of nitrogens with zero attached hydrogens (tertiary/aromatic N) is 1. The van der Waals surface area contributed by atoms with Crippen molar-refractivity contribution in [3.05, 3.63) is 23.4 Å². The Hall–Kier alpha value is -1.09. The first-order valence-corrected chi connectivity index (χ1v) is 6.37. The summed E-state index contributed by atoms with van der Waals surface area (Å²) in [4.78, 5) is 4.52.